The van der Waals surface area contributed by atoms with E-state index in [4.69, 9.17) is 5.26 Å². The summed E-state index contributed by atoms with van der Waals surface area (Å²) in [7, 11) is 0. The zero-order valence-corrected chi connectivity index (χ0v) is 10.4. The molecule has 0 aliphatic rings. The highest BCUT2D eigenvalue weighted by molar-refractivity contribution is 5.32. The molecule has 2 rings (SSSR count). The molecule has 0 N–H and O–H groups in total. The lowest BCUT2D eigenvalue weighted by molar-refractivity contribution is -0.688. The van der Waals surface area contributed by atoms with Crippen molar-refractivity contribution in [3.63, 3.8) is 0 Å². The Hall–Kier alpha value is -1.85. The first-order valence-electron chi connectivity index (χ1n) is 5.23. The van der Waals surface area contributed by atoms with Gasteiger partial charge in [0.05, 0.1) is 11.6 Å². The molecule has 2 nitrogen and oxygen atoms in total. The third kappa shape index (κ3) is 3.58. The number of nitriles is 1. The van der Waals surface area contributed by atoms with Crippen LogP contribution in [-0.4, -0.2) is 0 Å². The lowest BCUT2D eigenvalue weighted by atomic mass is 10.1. The summed E-state index contributed by atoms with van der Waals surface area (Å²) < 4.78 is 2.10. The Balaban J connectivity index is 0.00000144. The number of benzene rings is 1. The van der Waals surface area contributed by atoms with Crippen LogP contribution in [0, 0.1) is 18.3 Å². The van der Waals surface area contributed by atoms with Crippen LogP contribution in [0.5, 0.6) is 0 Å². The number of hydrogen-bond acceptors (Lipinski definition) is 1. The highest BCUT2D eigenvalue weighted by atomic mass is 35.5. The summed E-state index contributed by atoms with van der Waals surface area (Å²) in [4.78, 5) is 0. The van der Waals surface area contributed by atoms with Gasteiger partial charge in [-0.15, -0.1) is 0 Å². The SMILES string of the molecule is Cc1cc[n+](Cc2cccc(C#N)c2)cc1.[Cl-]. The molecule has 0 aliphatic carbocycles. The smallest absolute Gasteiger partial charge is 0.173 e. The second kappa shape index (κ2) is 6.03. The normalized spacial score (nSPS) is 9.18. The molecule has 2 aromatic rings. The van der Waals surface area contributed by atoms with Gasteiger partial charge in [0.25, 0.3) is 0 Å². The van der Waals surface area contributed by atoms with Gasteiger partial charge in [0.1, 0.15) is 0 Å². The van der Waals surface area contributed by atoms with Crippen molar-refractivity contribution in [3.05, 3.63) is 65.5 Å². The van der Waals surface area contributed by atoms with Crippen LogP contribution in [0.25, 0.3) is 0 Å². The summed E-state index contributed by atoms with van der Waals surface area (Å²) in [5, 5.41) is 8.81. The molecule has 1 aromatic heterocycles. The van der Waals surface area contributed by atoms with E-state index in [2.05, 4.69) is 29.7 Å². The molecule has 0 spiro atoms. The summed E-state index contributed by atoms with van der Waals surface area (Å²) in [6, 6.07) is 14.0. The molecule has 17 heavy (non-hydrogen) atoms. The summed E-state index contributed by atoms with van der Waals surface area (Å²) in [5.74, 6) is 0. The fourth-order valence-electron chi connectivity index (χ4n) is 1.59. The lowest BCUT2D eigenvalue weighted by Crippen LogP contribution is -3.00. The second-order valence-electron chi connectivity index (χ2n) is 3.86. The first-order valence-corrected chi connectivity index (χ1v) is 5.23. The van der Waals surface area contributed by atoms with Crippen LogP contribution in [-0.2, 0) is 6.54 Å². The van der Waals surface area contributed by atoms with Crippen molar-refractivity contribution in [1.82, 2.24) is 0 Å². The Morgan fingerprint density at radius 2 is 1.88 bits per heavy atom. The van der Waals surface area contributed by atoms with Crippen LogP contribution >= 0.6 is 0 Å². The van der Waals surface area contributed by atoms with Gasteiger partial charge in [0.15, 0.2) is 18.9 Å². The first-order chi connectivity index (χ1) is 7.78. The van der Waals surface area contributed by atoms with Gasteiger partial charge in [-0.25, -0.2) is 4.57 Å². The standard InChI is InChI=1S/C14H13N2.ClH/c1-12-5-7-16(8-6-12)11-14-4-2-3-13(9-14)10-15;/h2-9H,11H2,1H3;1H/q+1;/p-1. The predicted molar refractivity (Wildman–Crippen MR) is 61.6 cm³/mol. The van der Waals surface area contributed by atoms with Crippen molar-refractivity contribution in [2.45, 2.75) is 13.5 Å². The van der Waals surface area contributed by atoms with Crippen molar-refractivity contribution in [2.75, 3.05) is 0 Å². The van der Waals surface area contributed by atoms with Gasteiger partial charge in [-0.1, -0.05) is 12.1 Å². The molecule has 1 heterocycles. The van der Waals surface area contributed by atoms with Crippen molar-refractivity contribution >= 4 is 0 Å². The number of aromatic nitrogens is 1. The maximum Gasteiger partial charge on any atom is 0.173 e. The number of pyridine rings is 1. The molecule has 0 unspecified atom stereocenters. The number of rotatable bonds is 2. The van der Waals surface area contributed by atoms with Crippen LogP contribution in [0.1, 0.15) is 16.7 Å². The highest BCUT2D eigenvalue weighted by Crippen LogP contribution is 2.03. The molecule has 0 amide bonds. The van der Waals surface area contributed by atoms with E-state index in [9.17, 15) is 0 Å². The Bertz CT molecular complexity index is 527. The zero-order chi connectivity index (χ0) is 11.4. The molecule has 0 saturated heterocycles. The maximum atomic E-state index is 8.81. The number of nitrogens with zero attached hydrogens (tertiary/aromatic N) is 2. The molecular weight excluding hydrogens is 232 g/mol. The first kappa shape index (κ1) is 13.2. The molecule has 0 fully saturated rings. The fraction of sp³-hybridized carbons (Fsp3) is 0.143. The molecule has 1 aromatic carbocycles. The quantitative estimate of drug-likeness (QED) is 0.636. The third-order valence-corrected chi connectivity index (χ3v) is 2.48. The van der Waals surface area contributed by atoms with Crippen LogP contribution in [0.4, 0.5) is 0 Å². The topological polar surface area (TPSA) is 27.7 Å². The van der Waals surface area contributed by atoms with Gasteiger partial charge in [-0.2, -0.15) is 5.26 Å². The molecule has 0 atom stereocenters. The average Bonchev–Trinajstić information content (AvgIpc) is 2.32. The molecule has 0 aliphatic heterocycles. The molecule has 3 heteroatoms. The summed E-state index contributed by atoms with van der Waals surface area (Å²) in [6.45, 7) is 2.87. The summed E-state index contributed by atoms with van der Waals surface area (Å²) in [6.07, 6.45) is 4.10. The van der Waals surface area contributed by atoms with E-state index in [1.165, 1.54) is 5.56 Å². The van der Waals surface area contributed by atoms with E-state index < -0.39 is 0 Å². The van der Waals surface area contributed by atoms with E-state index in [0.29, 0.717) is 5.56 Å². The van der Waals surface area contributed by atoms with E-state index in [1.54, 1.807) is 0 Å². The Labute approximate surface area is 108 Å². The molecule has 86 valence electrons. The van der Waals surface area contributed by atoms with Gasteiger partial charge in [0.2, 0.25) is 0 Å². The Kier molecular flexibility index (Phi) is 4.68. The van der Waals surface area contributed by atoms with Gasteiger partial charge in [0, 0.05) is 17.7 Å². The molecule has 0 radical (unpaired) electrons. The number of halogens is 1. The van der Waals surface area contributed by atoms with Crippen LogP contribution < -0.4 is 17.0 Å². The Morgan fingerprint density at radius 1 is 1.18 bits per heavy atom. The largest absolute Gasteiger partial charge is 1.00 e. The zero-order valence-electron chi connectivity index (χ0n) is 9.60. The van der Waals surface area contributed by atoms with E-state index in [-0.39, 0.29) is 12.4 Å². The highest BCUT2D eigenvalue weighted by Gasteiger charge is 2.02. The van der Waals surface area contributed by atoms with Crippen molar-refractivity contribution < 1.29 is 17.0 Å². The molecular formula is C14H13ClN2. The number of aryl methyl sites for hydroxylation is 1. The van der Waals surface area contributed by atoms with Gasteiger partial charge in [-0.05, 0) is 24.6 Å². The average molecular weight is 245 g/mol. The lowest BCUT2D eigenvalue weighted by Gasteiger charge is -1.98. The summed E-state index contributed by atoms with van der Waals surface area (Å²) >= 11 is 0. The minimum atomic E-state index is 0. The molecule has 0 saturated carbocycles. The van der Waals surface area contributed by atoms with Crippen molar-refractivity contribution in [2.24, 2.45) is 0 Å². The monoisotopic (exact) mass is 244 g/mol. The minimum absolute atomic E-state index is 0. The van der Waals surface area contributed by atoms with Crippen LogP contribution in [0.15, 0.2) is 48.8 Å². The molecule has 0 bridgehead atoms. The minimum Gasteiger partial charge on any atom is -1.00 e. The maximum absolute atomic E-state index is 8.81. The van der Waals surface area contributed by atoms with Gasteiger partial charge >= 0.3 is 0 Å². The summed E-state index contributed by atoms with van der Waals surface area (Å²) in [5.41, 5.74) is 3.11. The number of hydrogen-bond donors (Lipinski definition) is 0. The second-order valence-corrected chi connectivity index (χ2v) is 3.86. The van der Waals surface area contributed by atoms with Gasteiger partial charge < -0.3 is 12.4 Å². The Morgan fingerprint density at radius 3 is 2.53 bits per heavy atom. The van der Waals surface area contributed by atoms with E-state index >= 15 is 0 Å². The van der Waals surface area contributed by atoms with Crippen molar-refractivity contribution in [1.29, 1.82) is 5.26 Å². The fourth-order valence-corrected chi connectivity index (χ4v) is 1.59. The van der Waals surface area contributed by atoms with Crippen LogP contribution in [0.3, 0.4) is 0 Å². The third-order valence-electron chi connectivity index (χ3n) is 2.48. The van der Waals surface area contributed by atoms with Crippen LogP contribution in [0.2, 0.25) is 0 Å². The van der Waals surface area contributed by atoms with E-state index in [1.807, 2.05) is 36.7 Å². The predicted octanol–water partition coefficient (Wildman–Crippen LogP) is -0.793. The van der Waals surface area contributed by atoms with Crippen molar-refractivity contribution in [3.8, 4) is 6.07 Å². The van der Waals surface area contributed by atoms with Gasteiger partial charge in [-0.3, -0.25) is 0 Å². The van der Waals surface area contributed by atoms with E-state index in [0.717, 1.165) is 12.1 Å².